The van der Waals surface area contributed by atoms with Gasteiger partial charge in [-0.3, -0.25) is 0 Å². The molecule has 0 spiro atoms. The molecule has 0 saturated heterocycles. The lowest BCUT2D eigenvalue weighted by molar-refractivity contribution is 0.647. The summed E-state index contributed by atoms with van der Waals surface area (Å²) in [7, 11) is 0. The average Bonchev–Trinajstić information content (AvgIpc) is 2.62. The number of aromatic nitrogens is 4. The summed E-state index contributed by atoms with van der Waals surface area (Å²) in [6, 6.07) is 0. The number of nitrogens with zero attached hydrogens (tertiary/aromatic N) is 4. The highest BCUT2D eigenvalue weighted by Crippen LogP contribution is 2.12. The van der Waals surface area contributed by atoms with Crippen molar-refractivity contribution in [1.29, 1.82) is 0 Å². The first kappa shape index (κ1) is 8.18. The molecule has 0 aromatic carbocycles. The molecule has 0 saturated carbocycles. The SMILES string of the molecule is Cc1cnc(Cn2cc(N)nn2)s1. The van der Waals surface area contributed by atoms with Crippen LogP contribution in [-0.2, 0) is 6.54 Å². The van der Waals surface area contributed by atoms with E-state index in [-0.39, 0.29) is 0 Å². The Bertz CT molecular complexity index is 366. The van der Waals surface area contributed by atoms with Crippen LogP contribution in [-0.4, -0.2) is 20.0 Å². The molecule has 0 radical (unpaired) electrons. The molecule has 2 rings (SSSR count). The van der Waals surface area contributed by atoms with Crippen LogP contribution in [0.5, 0.6) is 0 Å². The molecular weight excluding hydrogens is 186 g/mol. The first-order valence-corrected chi connectivity index (χ1v) is 4.62. The third-order valence-corrected chi connectivity index (χ3v) is 2.42. The number of nitrogens with two attached hydrogens (primary N) is 1. The molecule has 2 aromatic heterocycles. The molecule has 2 heterocycles. The Kier molecular flexibility index (Phi) is 1.97. The number of aryl methyl sites for hydroxylation is 1. The van der Waals surface area contributed by atoms with E-state index in [1.54, 1.807) is 22.2 Å². The van der Waals surface area contributed by atoms with Crippen molar-refractivity contribution in [3.63, 3.8) is 0 Å². The summed E-state index contributed by atoms with van der Waals surface area (Å²) >= 11 is 1.65. The zero-order chi connectivity index (χ0) is 9.26. The minimum Gasteiger partial charge on any atom is -0.381 e. The van der Waals surface area contributed by atoms with Gasteiger partial charge in [0.05, 0.1) is 12.7 Å². The van der Waals surface area contributed by atoms with Gasteiger partial charge in [0, 0.05) is 11.1 Å². The van der Waals surface area contributed by atoms with E-state index in [1.807, 2.05) is 13.1 Å². The fourth-order valence-corrected chi connectivity index (χ4v) is 1.78. The van der Waals surface area contributed by atoms with Gasteiger partial charge in [-0.1, -0.05) is 5.21 Å². The normalized spacial score (nSPS) is 10.5. The summed E-state index contributed by atoms with van der Waals surface area (Å²) < 4.78 is 1.67. The number of rotatable bonds is 2. The molecule has 0 aliphatic heterocycles. The molecule has 0 aliphatic rings. The van der Waals surface area contributed by atoms with Gasteiger partial charge in [0.1, 0.15) is 5.01 Å². The highest BCUT2D eigenvalue weighted by Gasteiger charge is 2.01. The lowest BCUT2D eigenvalue weighted by Gasteiger charge is -1.93. The zero-order valence-electron chi connectivity index (χ0n) is 7.14. The summed E-state index contributed by atoms with van der Waals surface area (Å²) in [5.74, 6) is 0.438. The summed E-state index contributed by atoms with van der Waals surface area (Å²) in [6.45, 7) is 2.67. The van der Waals surface area contributed by atoms with Crippen molar-refractivity contribution < 1.29 is 0 Å². The van der Waals surface area contributed by atoms with Crippen molar-refractivity contribution in [3.05, 3.63) is 22.3 Å². The maximum absolute atomic E-state index is 5.43. The average molecular weight is 195 g/mol. The minimum absolute atomic E-state index is 0.438. The Morgan fingerprint density at radius 2 is 2.46 bits per heavy atom. The molecule has 5 nitrogen and oxygen atoms in total. The molecule has 0 amide bonds. The van der Waals surface area contributed by atoms with E-state index in [2.05, 4.69) is 15.3 Å². The Hall–Kier alpha value is -1.43. The fraction of sp³-hybridized carbons (Fsp3) is 0.286. The third kappa shape index (κ3) is 1.83. The second-order valence-corrected chi connectivity index (χ2v) is 4.02. The molecule has 68 valence electrons. The maximum Gasteiger partial charge on any atom is 0.165 e. The number of thiazole rings is 1. The quantitative estimate of drug-likeness (QED) is 0.764. The highest BCUT2D eigenvalue weighted by molar-refractivity contribution is 7.11. The van der Waals surface area contributed by atoms with Crippen molar-refractivity contribution in [2.75, 3.05) is 5.73 Å². The van der Waals surface area contributed by atoms with Crippen LogP contribution in [0.3, 0.4) is 0 Å². The van der Waals surface area contributed by atoms with Crippen LogP contribution in [0, 0.1) is 6.92 Å². The van der Waals surface area contributed by atoms with Crippen molar-refractivity contribution in [3.8, 4) is 0 Å². The second-order valence-electron chi connectivity index (χ2n) is 2.71. The van der Waals surface area contributed by atoms with E-state index in [0.717, 1.165) is 5.01 Å². The summed E-state index contributed by atoms with van der Waals surface area (Å²) in [6.07, 6.45) is 3.54. The van der Waals surface area contributed by atoms with Gasteiger partial charge in [-0.05, 0) is 6.92 Å². The molecule has 13 heavy (non-hydrogen) atoms. The second kappa shape index (κ2) is 3.14. The third-order valence-electron chi connectivity index (χ3n) is 1.52. The topological polar surface area (TPSA) is 69.6 Å². The predicted molar refractivity (Wildman–Crippen MR) is 50.4 cm³/mol. The number of hydrogen-bond acceptors (Lipinski definition) is 5. The van der Waals surface area contributed by atoms with Crippen molar-refractivity contribution in [2.24, 2.45) is 0 Å². The van der Waals surface area contributed by atoms with E-state index >= 15 is 0 Å². The molecule has 0 bridgehead atoms. The molecule has 2 aromatic rings. The Morgan fingerprint density at radius 1 is 1.62 bits per heavy atom. The molecule has 6 heteroatoms. The van der Waals surface area contributed by atoms with Crippen LogP contribution in [0.25, 0.3) is 0 Å². The van der Waals surface area contributed by atoms with Gasteiger partial charge in [0.2, 0.25) is 0 Å². The summed E-state index contributed by atoms with van der Waals surface area (Å²) in [5.41, 5.74) is 5.43. The van der Waals surface area contributed by atoms with Crippen molar-refractivity contribution in [1.82, 2.24) is 20.0 Å². The monoisotopic (exact) mass is 195 g/mol. The van der Waals surface area contributed by atoms with E-state index in [1.165, 1.54) is 4.88 Å². The van der Waals surface area contributed by atoms with E-state index in [0.29, 0.717) is 12.4 Å². The van der Waals surface area contributed by atoms with Crippen LogP contribution in [0.2, 0.25) is 0 Å². The van der Waals surface area contributed by atoms with Gasteiger partial charge >= 0.3 is 0 Å². The van der Waals surface area contributed by atoms with Crippen molar-refractivity contribution in [2.45, 2.75) is 13.5 Å². The number of nitrogen functional groups attached to an aromatic ring is 1. The van der Waals surface area contributed by atoms with Crippen LogP contribution in [0.4, 0.5) is 5.82 Å². The molecule has 0 atom stereocenters. The van der Waals surface area contributed by atoms with Crippen LogP contribution >= 0.6 is 11.3 Å². The van der Waals surface area contributed by atoms with E-state index in [4.69, 9.17) is 5.73 Å². The summed E-state index contributed by atoms with van der Waals surface area (Å²) in [5, 5.41) is 8.53. The Balaban J connectivity index is 2.14. The van der Waals surface area contributed by atoms with E-state index < -0.39 is 0 Å². The highest BCUT2D eigenvalue weighted by atomic mass is 32.1. The van der Waals surface area contributed by atoms with Crippen LogP contribution < -0.4 is 5.73 Å². The smallest absolute Gasteiger partial charge is 0.165 e. The molecule has 2 N–H and O–H groups in total. The van der Waals surface area contributed by atoms with Gasteiger partial charge in [-0.15, -0.1) is 16.4 Å². The zero-order valence-corrected chi connectivity index (χ0v) is 7.95. The van der Waals surface area contributed by atoms with Crippen LogP contribution in [0.15, 0.2) is 12.4 Å². The Morgan fingerprint density at radius 3 is 3.00 bits per heavy atom. The number of anilines is 1. The Labute approximate surface area is 79.2 Å². The fourth-order valence-electron chi connectivity index (χ4n) is 1.00. The van der Waals surface area contributed by atoms with Gasteiger partial charge in [0.15, 0.2) is 5.82 Å². The summed E-state index contributed by atoms with van der Waals surface area (Å²) in [4.78, 5) is 5.41. The van der Waals surface area contributed by atoms with E-state index in [9.17, 15) is 0 Å². The minimum atomic E-state index is 0.438. The largest absolute Gasteiger partial charge is 0.381 e. The van der Waals surface area contributed by atoms with Crippen LogP contribution in [0.1, 0.15) is 9.88 Å². The lowest BCUT2D eigenvalue weighted by atomic mass is 10.6. The molecular formula is C7H9N5S. The lowest BCUT2D eigenvalue weighted by Crippen LogP contribution is -1.99. The van der Waals surface area contributed by atoms with Gasteiger partial charge < -0.3 is 5.73 Å². The molecule has 0 unspecified atom stereocenters. The first-order chi connectivity index (χ1) is 6.24. The molecule has 0 fully saturated rings. The maximum atomic E-state index is 5.43. The van der Waals surface area contributed by atoms with Crippen molar-refractivity contribution >= 4 is 17.2 Å². The van der Waals surface area contributed by atoms with Gasteiger partial charge in [0.25, 0.3) is 0 Å². The van der Waals surface area contributed by atoms with Gasteiger partial charge in [-0.2, -0.15) is 0 Å². The first-order valence-electron chi connectivity index (χ1n) is 3.81. The standard InChI is InChI=1S/C7H9N5S/c1-5-2-9-7(13-5)4-12-3-6(8)10-11-12/h2-3H,4,8H2,1H3. The predicted octanol–water partition coefficient (Wildman–Crippen LogP) is 0.674. The number of hydrogen-bond donors (Lipinski definition) is 1. The van der Waals surface area contributed by atoms with Gasteiger partial charge in [-0.25, -0.2) is 9.67 Å². The molecule has 0 aliphatic carbocycles.